The van der Waals surface area contributed by atoms with Gasteiger partial charge in [-0.1, -0.05) is 24.3 Å². The molecule has 4 rings (SSSR count). The Morgan fingerprint density at radius 3 is 2.11 bits per heavy atom. The number of phenolic OH excluding ortho intramolecular Hbond substituents is 1. The van der Waals surface area contributed by atoms with Crippen molar-refractivity contribution in [2.24, 2.45) is 0 Å². The number of rotatable bonds is 4. The predicted molar refractivity (Wildman–Crippen MR) is 142 cm³/mol. The Balaban J connectivity index is 1.42. The number of nitrogens with zero attached hydrogens (tertiary/aromatic N) is 2. The number of ether oxygens (including phenoxy) is 1. The average Bonchev–Trinajstić information content (AvgIpc) is 2.88. The molecule has 0 spiro atoms. The van der Waals surface area contributed by atoms with Crippen LogP contribution in [0.5, 0.6) is 5.75 Å². The molecule has 9 heteroatoms. The van der Waals surface area contributed by atoms with Crippen molar-refractivity contribution in [1.29, 1.82) is 0 Å². The van der Waals surface area contributed by atoms with Gasteiger partial charge in [0.05, 0.1) is 5.69 Å². The molecule has 0 bridgehead atoms. The summed E-state index contributed by atoms with van der Waals surface area (Å²) in [5.74, 6) is -1.40. The molecule has 1 saturated heterocycles. The van der Waals surface area contributed by atoms with Gasteiger partial charge < -0.3 is 25.0 Å². The summed E-state index contributed by atoms with van der Waals surface area (Å²) in [6.07, 6.45) is -0.387. The molecule has 0 aliphatic carbocycles. The standard InChI is InChI=1S/C29H30FN3O5/c1-29(2,3)38-28(37)33-14-12-32(13-15-33)27(36)20-10-8-19(9-11-20)21-16-22(18-23(34)17-21)26(35)31-25-7-5-4-6-24(25)30/h4-11,16-18,34H,12-15H2,1-3H3,(H,31,35). The summed E-state index contributed by atoms with van der Waals surface area (Å²) < 4.78 is 19.3. The Bertz CT molecular complexity index is 1340. The van der Waals surface area contributed by atoms with E-state index in [0.29, 0.717) is 42.9 Å². The quantitative estimate of drug-likeness (QED) is 0.497. The minimum Gasteiger partial charge on any atom is -0.508 e. The van der Waals surface area contributed by atoms with Crippen LogP contribution in [0.25, 0.3) is 11.1 Å². The number of aromatic hydroxyl groups is 1. The van der Waals surface area contributed by atoms with Crippen LogP contribution < -0.4 is 5.32 Å². The molecule has 0 atom stereocenters. The number of phenols is 1. The number of hydrogen-bond acceptors (Lipinski definition) is 5. The van der Waals surface area contributed by atoms with Crippen LogP contribution in [0.4, 0.5) is 14.9 Å². The Hall–Kier alpha value is -4.40. The number of para-hydroxylation sites is 1. The number of benzene rings is 3. The molecule has 1 aliphatic heterocycles. The highest BCUT2D eigenvalue weighted by atomic mass is 19.1. The maximum atomic E-state index is 13.9. The van der Waals surface area contributed by atoms with E-state index >= 15 is 0 Å². The lowest BCUT2D eigenvalue weighted by Gasteiger charge is -2.35. The van der Waals surface area contributed by atoms with Crippen LogP contribution in [0.3, 0.4) is 0 Å². The van der Waals surface area contributed by atoms with Crippen molar-refractivity contribution < 1.29 is 28.6 Å². The van der Waals surface area contributed by atoms with Crippen LogP contribution in [0.1, 0.15) is 41.5 Å². The van der Waals surface area contributed by atoms with Crippen LogP contribution in [0.2, 0.25) is 0 Å². The lowest BCUT2D eigenvalue weighted by molar-refractivity contribution is 0.0141. The molecule has 38 heavy (non-hydrogen) atoms. The Morgan fingerprint density at radius 1 is 0.842 bits per heavy atom. The fraction of sp³-hybridized carbons (Fsp3) is 0.276. The van der Waals surface area contributed by atoms with Crippen molar-refractivity contribution in [3.05, 3.63) is 83.7 Å². The number of amides is 3. The van der Waals surface area contributed by atoms with E-state index < -0.39 is 17.3 Å². The van der Waals surface area contributed by atoms with Gasteiger partial charge in [-0.2, -0.15) is 0 Å². The SMILES string of the molecule is CC(C)(C)OC(=O)N1CCN(C(=O)c2ccc(-c3cc(O)cc(C(=O)Nc4ccccc4F)c3)cc2)CC1. The van der Waals surface area contributed by atoms with Gasteiger partial charge in [0.25, 0.3) is 11.8 Å². The van der Waals surface area contributed by atoms with Crippen molar-refractivity contribution in [3.63, 3.8) is 0 Å². The highest BCUT2D eigenvalue weighted by Crippen LogP contribution is 2.27. The van der Waals surface area contributed by atoms with Crippen LogP contribution in [-0.4, -0.2) is 64.6 Å². The molecule has 0 aromatic heterocycles. The van der Waals surface area contributed by atoms with E-state index in [2.05, 4.69) is 5.32 Å². The first kappa shape index (κ1) is 26.7. The maximum absolute atomic E-state index is 13.9. The summed E-state index contributed by atoms with van der Waals surface area (Å²) in [5, 5.41) is 12.7. The monoisotopic (exact) mass is 519 g/mol. The molecule has 2 N–H and O–H groups in total. The Morgan fingerprint density at radius 2 is 1.47 bits per heavy atom. The van der Waals surface area contributed by atoms with E-state index in [1.165, 1.54) is 30.3 Å². The number of carbonyl (C=O) groups excluding carboxylic acids is 3. The van der Waals surface area contributed by atoms with E-state index in [0.717, 1.165) is 0 Å². The van der Waals surface area contributed by atoms with Crippen molar-refractivity contribution in [3.8, 4) is 16.9 Å². The molecule has 3 aromatic rings. The van der Waals surface area contributed by atoms with Gasteiger partial charge in [-0.3, -0.25) is 9.59 Å². The van der Waals surface area contributed by atoms with Crippen LogP contribution >= 0.6 is 0 Å². The van der Waals surface area contributed by atoms with Gasteiger partial charge in [0.2, 0.25) is 0 Å². The van der Waals surface area contributed by atoms with Crippen molar-refractivity contribution in [2.45, 2.75) is 26.4 Å². The number of piperazine rings is 1. The van der Waals surface area contributed by atoms with Gasteiger partial charge in [0, 0.05) is 37.3 Å². The van der Waals surface area contributed by atoms with Crippen molar-refractivity contribution >= 4 is 23.6 Å². The zero-order chi connectivity index (χ0) is 27.4. The molecule has 1 aliphatic rings. The molecule has 1 heterocycles. The molecule has 198 valence electrons. The van der Waals surface area contributed by atoms with Crippen LogP contribution in [0, 0.1) is 5.82 Å². The second-order valence-corrected chi connectivity index (χ2v) is 10.0. The number of hydrogen-bond donors (Lipinski definition) is 2. The van der Waals surface area contributed by atoms with Gasteiger partial charge in [-0.15, -0.1) is 0 Å². The summed E-state index contributed by atoms with van der Waals surface area (Å²) in [7, 11) is 0. The van der Waals surface area contributed by atoms with E-state index in [-0.39, 0.29) is 29.0 Å². The fourth-order valence-corrected chi connectivity index (χ4v) is 4.07. The van der Waals surface area contributed by atoms with Gasteiger partial charge >= 0.3 is 6.09 Å². The first-order valence-corrected chi connectivity index (χ1v) is 12.3. The summed E-state index contributed by atoms with van der Waals surface area (Å²) in [4.78, 5) is 41.3. The van der Waals surface area contributed by atoms with Crippen LogP contribution in [0.15, 0.2) is 66.7 Å². The second kappa shape index (κ2) is 10.9. The molecule has 0 radical (unpaired) electrons. The zero-order valence-electron chi connectivity index (χ0n) is 21.5. The van der Waals surface area contributed by atoms with E-state index in [4.69, 9.17) is 4.74 Å². The van der Waals surface area contributed by atoms with Gasteiger partial charge in [0.15, 0.2) is 0 Å². The summed E-state index contributed by atoms with van der Waals surface area (Å²) >= 11 is 0. The number of anilines is 1. The minimum atomic E-state index is -0.578. The number of halogens is 1. The molecule has 1 fully saturated rings. The lowest BCUT2D eigenvalue weighted by atomic mass is 10.0. The molecule has 8 nitrogen and oxygen atoms in total. The molecule has 0 saturated carbocycles. The normalized spacial score (nSPS) is 13.7. The summed E-state index contributed by atoms with van der Waals surface area (Å²) in [6.45, 7) is 7.00. The van der Waals surface area contributed by atoms with E-state index in [1.54, 1.807) is 46.2 Å². The molecule has 3 amide bonds. The minimum absolute atomic E-state index is 0.0391. The van der Waals surface area contributed by atoms with Gasteiger partial charge in [-0.05, 0) is 74.4 Å². The van der Waals surface area contributed by atoms with Crippen LogP contribution in [-0.2, 0) is 4.74 Å². The molecule has 0 unspecified atom stereocenters. The zero-order valence-corrected chi connectivity index (χ0v) is 21.5. The first-order valence-electron chi connectivity index (χ1n) is 12.3. The second-order valence-electron chi connectivity index (χ2n) is 10.0. The molecule has 3 aromatic carbocycles. The largest absolute Gasteiger partial charge is 0.508 e. The molecular weight excluding hydrogens is 489 g/mol. The third-order valence-electron chi connectivity index (χ3n) is 5.99. The topological polar surface area (TPSA) is 99.2 Å². The Labute approximate surface area is 220 Å². The Kier molecular flexibility index (Phi) is 7.66. The predicted octanol–water partition coefficient (Wildman–Crippen LogP) is 5.14. The maximum Gasteiger partial charge on any atom is 0.410 e. The highest BCUT2D eigenvalue weighted by Gasteiger charge is 2.28. The van der Waals surface area contributed by atoms with Crippen molar-refractivity contribution in [1.82, 2.24) is 9.80 Å². The fourth-order valence-electron chi connectivity index (χ4n) is 4.07. The van der Waals surface area contributed by atoms with Gasteiger partial charge in [-0.25, -0.2) is 9.18 Å². The molecular formula is C29H30FN3O5. The van der Waals surface area contributed by atoms with E-state index in [9.17, 15) is 23.9 Å². The number of carbonyl (C=O) groups is 3. The third-order valence-corrected chi connectivity index (χ3v) is 5.99. The smallest absolute Gasteiger partial charge is 0.410 e. The number of nitrogens with one attached hydrogen (secondary N) is 1. The summed E-state index contributed by atoms with van der Waals surface area (Å²) in [6, 6.07) is 17.0. The van der Waals surface area contributed by atoms with Gasteiger partial charge in [0.1, 0.15) is 17.2 Å². The average molecular weight is 520 g/mol. The first-order chi connectivity index (χ1) is 18.0. The highest BCUT2D eigenvalue weighted by molar-refractivity contribution is 6.05. The summed E-state index contributed by atoms with van der Waals surface area (Å²) in [5.41, 5.74) is 1.35. The van der Waals surface area contributed by atoms with E-state index in [1.807, 2.05) is 20.8 Å². The lowest BCUT2D eigenvalue weighted by Crippen LogP contribution is -2.51. The van der Waals surface area contributed by atoms with Crippen molar-refractivity contribution in [2.75, 3.05) is 31.5 Å². The third kappa shape index (κ3) is 6.47.